The molecule has 3 aromatic rings. The van der Waals surface area contributed by atoms with E-state index in [9.17, 15) is 28.0 Å². The molecule has 1 atom stereocenters. The molecule has 0 saturated heterocycles. The molecule has 37 heavy (non-hydrogen) atoms. The van der Waals surface area contributed by atoms with E-state index in [0.717, 1.165) is 11.1 Å². The topological polar surface area (TPSA) is 91.0 Å². The van der Waals surface area contributed by atoms with Crippen molar-refractivity contribution in [3.63, 3.8) is 0 Å². The maximum Gasteiger partial charge on any atom is 0.435 e. The zero-order valence-corrected chi connectivity index (χ0v) is 20.3. The first-order valence-corrected chi connectivity index (χ1v) is 11.9. The number of anilines is 1. The minimum Gasteiger partial charge on any atom is -0.342 e. The van der Waals surface area contributed by atoms with Gasteiger partial charge in [0.1, 0.15) is 12.6 Å². The average Bonchev–Trinajstić information content (AvgIpc) is 3.27. The van der Waals surface area contributed by atoms with Gasteiger partial charge in [-0.3, -0.25) is 14.3 Å². The molecule has 1 aliphatic carbocycles. The van der Waals surface area contributed by atoms with Gasteiger partial charge < -0.3 is 10.2 Å². The van der Waals surface area contributed by atoms with Gasteiger partial charge in [0.25, 0.3) is 0 Å². The molecule has 192 valence electrons. The van der Waals surface area contributed by atoms with Gasteiger partial charge in [-0.2, -0.15) is 23.5 Å². The molecule has 4 rings (SSSR count). The fraction of sp³-hybridized carbons (Fsp3) is 0.333. The third-order valence-electron chi connectivity index (χ3n) is 6.42. The quantitative estimate of drug-likeness (QED) is 0.521. The number of nitrogens with one attached hydrogen (secondary N) is 1. The smallest absolute Gasteiger partial charge is 0.342 e. The van der Waals surface area contributed by atoms with Gasteiger partial charge in [0.05, 0.1) is 11.6 Å². The number of alkyl halides is 3. The molecular formula is C27H26F3N5O2. The molecule has 10 heteroatoms. The lowest BCUT2D eigenvalue weighted by molar-refractivity contribution is -0.142. The number of likely N-dealkylation sites (N-methyl/N-ethyl adjacent to an activating group) is 1. The van der Waals surface area contributed by atoms with Gasteiger partial charge in [-0.25, -0.2) is 0 Å². The van der Waals surface area contributed by atoms with Gasteiger partial charge in [-0.15, -0.1) is 0 Å². The number of hydrogen-bond acceptors (Lipinski definition) is 4. The van der Waals surface area contributed by atoms with Crippen LogP contribution in [0.1, 0.15) is 40.9 Å². The van der Waals surface area contributed by atoms with Crippen molar-refractivity contribution in [2.24, 2.45) is 0 Å². The summed E-state index contributed by atoms with van der Waals surface area (Å²) < 4.78 is 41.8. The molecule has 0 spiro atoms. The molecule has 1 aliphatic rings. The van der Waals surface area contributed by atoms with E-state index in [4.69, 9.17) is 0 Å². The predicted molar refractivity (Wildman–Crippen MR) is 131 cm³/mol. The Balaban J connectivity index is 1.58. The van der Waals surface area contributed by atoms with Crippen LogP contribution in [0.4, 0.5) is 18.9 Å². The largest absolute Gasteiger partial charge is 0.435 e. The molecule has 1 aromatic heterocycles. The lowest BCUT2D eigenvalue weighted by Crippen LogP contribution is -2.49. The number of aromatic nitrogens is 2. The standard InChI is InChI=1S/C27H26F3N5O2/c1-34(20-10-3-2-4-11-20)26(37)22(15-18-8-7-9-19(14-18)16-31)32-24(36)17-35-23-13-6-5-12-21(23)25(33-35)27(28,29)30/h2-4,7-11,14,22H,5-6,12-13,15,17H2,1H3,(H,32,36)/t22-/m0/s1. The molecule has 0 bridgehead atoms. The van der Waals surface area contributed by atoms with Crippen LogP contribution in [0.15, 0.2) is 54.6 Å². The van der Waals surface area contributed by atoms with E-state index in [-0.39, 0.29) is 18.4 Å². The number of hydrogen-bond donors (Lipinski definition) is 1. The summed E-state index contributed by atoms with van der Waals surface area (Å²) in [4.78, 5) is 27.9. The molecule has 1 heterocycles. The van der Waals surface area contributed by atoms with Crippen LogP contribution in [0, 0.1) is 11.3 Å². The van der Waals surface area contributed by atoms with Crippen LogP contribution in [-0.2, 0) is 41.6 Å². The van der Waals surface area contributed by atoms with Crippen molar-refractivity contribution < 1.29 is 22.8 Å². The van der Waals surface area contributed by atoms with Gasteiger partial charge in [0.15, 0.2) is 5.69 Å². The van der Waals surface area contributed by atoms with Crippen molar-refractivity contribution in [2.75, 3.05) is 11.9 Å². The first-order valence-electron chi connectivity index (χ1n) is 11.9. The molecule has 0 unspecified atom stereocenters. The summed E-state index contributed by atoms with van der Waals surface area (Å²) in [5, 5.41) is 15.7. The fourth-order valence-corrected chi connectivity index (χ4v) is 4.62. The minimum atomic E-state index is -4.61. The van der Waals surface area contributed by atoms with E-state index in [1.807, 2.05) is 12.1 Å². The van der Waals surface area contributed by atoms with Crippen LogP contribution in [0.5, 0.6) is 0 Å². The molecule has 2 aromatic carbocycles. The van der Waals surface area contributed by atoms with Crippen molar-refractivity contribution in [2.45, 2.75) is 50.9 Å². The molecule has 0 saturated carbocycles. The van der Waals surface area contributed by atoms with Gasteiger partial charge >= 0.3 is 6.18 Å². The Morgan fingerprint density at radius 2 is 1.86 bits per heavy atom. The highest BCUT2D eigenvalue weighted by Gasteiger charge is 2.39. The normalized spacial score (nSPS) is 13.8. The summed E-state index contributed by atoms with van der Waals surface area (Å²) in [6, 6.07) is 16.6. The average molecular weight is 510 g/mol. The number of nitrogens with zero attached hydrogens (tertiary/aromatic N) is 4. The maximum atomic E-state index is 13.5. The Morgan fingerprint density at radius 3 is 2.57 bits per heavy atom. The Hall–Kier alpha value is -4.13. The molecule has 0 aliphatic heterocycles. The van der Waals surface area contributed by atoms with E-state index in [1.165, 1.54) is 4.90 Å². The number of fused-ring (bicyclic) bond motifs is 1. The third-order valence-corrected chi connectivity index (χ3v) is 6.42. The number of rotatable bonds is 7. The summed E-state index contributed by atoms with van der Waals surface area (Å²) in [6.45, 7) is -0.435. The van der Waals surface area contributed by atoms with E-state index in [1.54, 1.807) is 55.6 Å². The number of para-hydroxylation sites is 1. The number of amides is 2. The van der Waals surface area contributed by atoms with E-state index >= 15 is 0 Å². The SMILES string of the molecule is CN(C(=O)[C@H](Cc1cccc(C#N)c1)NC(=O)Cn1nc(C(F)(F)F)c2c1CCCC2)c1ccccc1. The molecule has 0 fully saturated rings. The first-order chi connectivity index (χ1) is 17.7. The summed E-state index contributed by atoms with van der Waals surface area (Å²) >= 11 is 0. The van der Waals surface area contributed by atoms with Crippen LogP contribution in [-0.4, -0.2) is 34.7 Å². The number of carbonyl (C=O) groups excluding carboxylic acids is 2. The van der Waals surface area contributed by atoms with Crippen molar-refractivity contribution in [3.8, 4) is 6.07 Å². The number of halogens is 3. The second-order valence-corrected chi connectivity index (χ2v) is 9.01. The molecule has 0 radical (unpaired) electrons. The number of carbonyl (C=O) groups is 2. The van der Waals surface area contributed by atoms with E-state index < -0.39 is 36.3 Å². The van der Waals surface area contributed by atoms with Crippen molar-refractivity contribution >= 4 is 17.5 Å². The third kappa shape index (κ3) is 6.00. The van der Waals surface area contributed by atoms with Gasteiger partial charge in [0, 0.05) is 30.4 Å². The zero-order valence-electron chi connectivity index (χ0n) is 20.3. The molecule has 7 nitrogen and oxygen atoms in total. The van der Waals surface area contributed by atoms with Crippen LogP contribution < -0.4 is 10.2 Å². The second-order valence-electron chi connectivity index (χ2n) is 9.01. The van der Waals surface area contributed by atoms with Crippen molar-refractivity contribution in [3.05, 3.63) is 82.7 Å². The number of nitriles is 1. The zero-order chi connectivity index (χ0) is 26.6. The van der Waals surface area contributed by atoms with Crippen LogP contribution in [0.2, 0.25) is 0 Å². The predicted octanol–water partition coefficient (Wildman–Crippen LogP) is 4.04. The second kappa shape index (κ2) is 10.9. The van der Waals surface area contributed by atoms with Crippen LogP contribution in [0.3, 0.4) is 0 Å². The first kappa shape index (κ1) is 25.9. The fourth-order valence-electron chi connectivity index (χ4n) is 4.62. The maximum absolute atomic E-state index is 13.5. The van der Waals surface area contributed by atoms with Crippen LogP contribution in [0.25, 0.3) is 0 Å². The molecular weight excluding hydrogens is 483 g/mol. The summed E-state index contributed by atoms with van der Waals surface area (Å²) in [5.74, 6) is -1.03. The lowest BCUT2D eigenvalue weighted by Gasteiger charge is -2.25. The lowest BCUT2D eigenvalue weighted by atomic mass is 9.95. The van der Waals surface area contributed by atoms with Gasteiger partial charge in [-0.1, -0.05) is 30.3 Å². The highest BCUT2D eigenvalue weighted by atomic mass is 19.4. The highest BCUT2D eigenvalue weighted by molar-refractivity contribution is 5.99. The summed E-state index contributed by atoms with van der Waals surface area (Å²) in [5.41, 5.74) is 1.31. The Labute approximate surface area is 212 Å². The Morgan fingerprint density at radius 1 is 1.14 bits per heavy atom. The molecule has 2 amide bonds. The monoisotopic (exact) mass is 509 g/mol. The number of benzene rings is 2. The summed E-state index contributed by atoms with van der Waals surface area (Å²) in [6.07, 6.45) is -2.47. The Kier molecular flexibility index (Phi) is 7.62. The van der Waals surface area contributed by atoms with Crippen molar-refractivity contribution in [1.29, 1.82) is 5.26 Å². The highest BCUT2D eigenvalue weighted by Crippen LogP contribution is 2.35. The van der Waals surface area contributed by atoms with Gasteiger partial charge in [-0.05, 0) is 55.5 Å². The van der Waals surface area contributed by atoms with E-state index in [0.29, 0.717) is 35.3 Å². The summed E-state index contributed by atoms with van der Waals surface area (Å²) in [7, 11) is 1.59. The molecule has 1 N–H and O–H groups in total. The van der Waals surface area contributed by atoms with E-state index in [2.05, 4.69) is 10.4 Å². The van der Waals surface area contributed by atoms with Crippen LogP contribution >= 0.6 is 0 Å². The minimum absolute atomic E-state index is 0.0995. The Bertz CT molecular complexity index is 1330. The van der Waals surface area contributed by atoms with Gasteiger partial charge in [0.2, 0.25) is 11.8 Å². The van der Waals surface area contributed by atoms with Crippen molar-refractivity contribution in [1.82, 2.24) is 15.1 Å².